The van der Waals surface area contributed by atoms with Crippen LogP contribution in [-0.4, -0.2) is 24.9 Å². The van der Waals surface area contributed by atoms with Crippen molar-refractivity contribution in [3.63, 3.8) is 0 Å². The maximum atomic E-state index is 12.7. The summed E-state index contributed by atoms with van der Waals surface area (Å²) in [6, 6.07) is 17.2. The fraction of sp³-hybridized carbons (Fsp3) is 0.391. The summed E-state index contributed by atoms with van der Waals surface area (Å²) in [4.78, 5) is 27.7. The van der Waals surface area contributed by atoms with E-state index in [1.165, 1.54) is 0 Å². The van der Waals surface area contributed by atoms with Crippen molar-refractivity contribution in [3.05, 3.63) is 60.2 Å². The lowest BCUT2D eigenvalue weighted by molar-refractivity contribution is -0.138. The highest BCUT2D eigenvalue weighted by Crippen LogP contribution is 2.23. The third-order valence-electron chi connectivity index (χ3n) is 5.04. The normalized spacial score (nSPS) is 12.2. The molecule has 0 aromatic heterocycles. The zero-order chi connectivity index (χ0) is 20.7. The van der Waals surface area contributed by atoms with E-state index in [0.717, 1.165) is 24.3 Å². The van der Waals surface area contributed by atoms with E-state index < -0.39 is 5.41 Å². The van der Waals surface area contributed by atoms with Crippen LogP contribution in [0.25, 0.3) is 0 Å². The van der Waals surface area contributed by atoms with E-state index in [1.54, 1.807) is 13.8 Å². The van der Waals surface area contributed by atoms with Crippen molar-refractivity contribution < 1.29 is 9.59 Å². The van der Waals surface area contributed by atoms with Crippen molar-refractivity contribution in [2.45, 2.75) is 40.7 Å². The second-order valence-electron chi connectivity index (χ2n) is 7.40. The van der Waals surface area contributed by atoms with Crippen molar-refractivity contribution in [1.29, 1.82) is 0 Å². The van der Waals surface area contributed by atoms with E-state index in [1.807, 2.05) is 61.5 Å². The lowest BCUT2D eigenvalue weighted by Crippen LogP contribution is -2.45. The molecule has 5 nitrogen and oxygen atoms in total. The first kappa shape index (κ1) is 21.5. The highest BCUT2D eigenvalue weighted by Gasteiger charge is 2.36. The molecule has 0 spiro atoms. The molecule has 5 heteroatoms. The molecule has 0 aliphatic rings. The van der Waals surface area contributed by atoms with Crippen LogP contribution in [0, 0.1) is 5.41 Å². The third kappa shape index (κ3) is 5.12. The number of hydrogen-bond donors (Lipinski definition) is 2. The highest BCUT2D eigenvalue weighted by atomic mass is 16.2. The second kappa shape index (κ2) is 9.40. The largest absolute Gasteiger partial charge is 0.372 e. The van der Waals surface area contributed by atoms with Gasteiger partial charge >= 0.3 is 0 Å². The number of nitrogens with zero attached hydrogens (tertiary/aromatic N) is 1. The molecule has 0 aliphatic heterocycles. The Balaban J connectivity index is 2.02. The molecular weight excluding hydrogens is 350 g/mol. The Morgan fingerprint density at radius 2 is 1.50 bits per heavy atom. The topological polar surface area (TPSA) is 61.4 Å². The molecule has 1 atom stereocenters. The molecule has 0 radical (unpaired) electrons. The van der Waals surface area contributed by atoms with E-state index >= 15 is 0 Å². The maximum Gasteiger partial charge on any atom is 0.239 e. The Labute approximate surface area is 168 Å². The van der Waals surface area contributed by atoms with Crippen LogP contribution >= 0.6 is 0 Å². The van der Waals surface area contributed by atoms with Gasteiger partial charge in [-0.15, -0.1) is 0 Å². The Morgan fingerprint density at radius 3 is 2.04 bits per heavy atom. The molecule has 150 valence electrons. The smallest absolute Gasteiger partial charge is 0.239 e. The summed E-state index contributed by atoms with van der Waals surface area (Å²) in [5, 5.41) is 5.80. The minimum atomic E-state index is -1.19. The summed E-state index contributed by atoms with van der Waals surface area (Å²) in [7, 11) is 0. The van der Waals surface area contributed by atoms with Crippen LogP contribution in [0.3, 0.4) is 0 Å². The first-order valence-corrected chi connectivity index (χ1v) is 9.82. The summed E-state index contributed by atoms with van der Waals surface area (Å²) in [6.07, 6.45) is 0. The fourth-order valence-corrected chi connectivity index (χ4v) is 2.94. The summed E-state index contributed by atoms with van der Waals surface area (Å²) in [6.45, 7) is 11.3. The number of hydrogen-bond acceptors (Lipinski definition) is 3. The molecule has 2 aromatic carbocycles. The Morgan fingerprint density at radius 1 is 0.929 bits per heavy atom. The van der Waals surface area contributed by atoms with Crippen LogP contribution < -0.4 is 15.5 Å². The number of carbonyl (C=O) groups excluding carboxylic acids is 2. The average Bonchev–Trinajstić information content (AvgIpc) is 2.70. The third-order valence-corrected chi connectivity index (χ3v) is 5.04. The Kier molecular flexibility index (Phi) is 7.21. The number of anilines is 2. The molecular formula is C23H31N3O2. The quantitative estimate of drug-likeness (QED) is 0.667. The number of benzene rings is 2. The number of rotatable bonds is 8. The molecule has 0 saturated carbocycles. The van der Waals surface area contributed by atoms with Gasteiger partial charge in [-0.1, -0.05) is 30.3 Å². The van der Waals surface area contributed by atoms with Gasteiger partial charge in [-0.25, -0.2) is 0 Å². The molecule has 2 amide bonds. The zero-order valence-corrected chi connectivity index (χ0v) is 17.5. The van der Waals surface area contributed by atoms with Crippen LogP contribution in [0.1, 0.15) is 46.2 Å². The van der Waals surface area contributed by atoms with Gasteiger partial charge in [0.25, 0.3) is 0 Å². The minimum absolute atomic E-state index is 0.172. The summed E-state index contributed by atoms with van der Waals surface area (Å²) >= 11 is 0. The molecule has 2 rings (SSSR count). The minimum Gasteiger partial charge on any atom is -0.372 e. The lowest BCUT2D eigenvalue weighted by atomic mass is 9.90. The molecule has 1 unspecified atom stereocenters. The van der Waals surface area contributed by atoms with E-state index in [2.05, 4.69) is 29.4 Å². The predicted octanol–water partition coefficient (Wildman–Crippen LogP) is 4.37. The number of amides is 2. The van der Waals surface area contributed by atoms with Crippen LogP contribution in [0.2, 0.25) is 0 Å². The van der Waals surface area contributed by atoms with Crippen molar-refractivity contribution >= 4 is 23.2 Å². The van der Waals surface area contributed by atoms with Gasteiger partial charge in [-0.3, -0.25) is 9.59 Å². The van der Waals surface area contributed by atoms with Crippen molar-refractivity contribution in [1.82, 2.24) is 5.32 Å². The first-order valence-electron chi connectivity index (χ1n) is 9.82. The molecule has 0 aliphatic carbocycles. The van der Waals surface area contributed by atoms with Gasteiger partial charge in [0.15, 0.2) is 0 Å². The maximum absolute atomic E-state index is 12.7. The molecule has 28 heavy (non-hydrogen) atoms. The standard InChI is InChI=1S/C23H31N3O2/c1-6-26(7-2)20-15-13-19(14-16-20)25-22(28)23(4,5)21(27)24-17(3)18-11-9-8-10-12-18/h8-17H,6-7H2,1-5H3,(H,24,27)(H,25,28). The van der Waals surface area contributed by atoms with Crippen LogP contribution in [0.15, 0.2) is 54.6 Å². The zero-order valence-electron chi connectivity index (χ0n) is 17.5. The Hall–Kier alpha value is -2.82. The van der Waals surface area contributed by atoms with Gasteiger partial charge in [-0.05, 0) is 64.4 Å². The SMILES string of the molecule is CCN(CC)c1ccc(NC(=O)C(C)(C)C(=O)NC(C)c2ccccc2)cc1. The molecule has 0 bridgehead atoms. The van der Waals surface area contributed by atoms with Crippen molar-refractivity contribution in [3.8, 4) is 0 Å². The van der Waals surface area contributed by atoms with Gasteiger partial charge in [0, 0.05) is 24.5 Å². The lowest BCUT2D eigenvalue weighted by Gasteiger charge is -2.25. The number of carbonyl (C=O) groups is 2. The average molecular weight is 382 g/mol. The molecule has 2 N–H and O–H groups in total. The van der Waals surface area contributed by atoms with E-state index in [4.69, 9.17) is 0 Å². The molecule has 0 fully saturated rings. The Bertz CT molecular complexity index is 781. The van der Waals surface area contributed by atoms with Gasteiger partial charge < -0.3 is 15.5 Å². The monoisotopic (exact) mass is 381 g/mol. The van der Waals surface area contributed by atoms with Gasteiger partial charge in [0.2, 0.25) is 11.8 Å². The highest BCUT2D eigenvalue weighted by molar-refractivity contribution is 6.10. The van der Waals surface area contributed by atoms with Crippen LogP contribution in [0.4, 0.5) is 11.4 Å². The van der Waals surface area contributed by atoms with Gasteiger partial charge in [-0.2, -0.15) is 0 Å². The fourth-order valence-electron chi connectivity index (χ4n) is 2.94. The predicted molar refractivity (Wildman–Crippen MR) is 115 cm³/mol. The van der Waals surface area contributed by atoms with Gasteiger partial charge in [0.05, 0.1) is 6.04 Å². The summed E-state index contributed by atoms with van der Waals surface area (Å²) < 4.78 is 0. The summed E-state index contributed by atoms with van der Waals surface area (Å²) in [5.41, 5.74) is 1.59. The molecule has 2 aromatic rings. The second-order valence-corrected chi connectivity index (χ2v) is 7.40. The first-order chi connectivity index (χ1) is 13.3. The van der Waals surface area contributed by atoms with Crippen LogP contribution in [0.5, 0.6) is 0 Å². The molecule has 0 saturated heterocycles. The van der Waals surface area contributed by atoms with E-state index in [0.29, 0.717) is 5.69 Å². The van der Waals surface area contributed by atoms with E-state index in [-0.39, 0.29) is 17.9 Å². The van der Waals surface area contributed by atoms with Gasteiger partial charge in [0.1, 0.15) is 5.41 Å². The van der Waals surface area contributed by atoms with Crippen LogP contribution in [-0.2, 0) is 9.59 Å². The number of nitrogens with one attached hydrogen (secondary N) is 2. The van der Waals surface area contributed by atoms with Crippen molar-refractivity contribution in [2.75, 3.05) is 23.3 Å². The molecule has 0 heterocycles. The summed E-state index contributed by atoms with van der Waals surface area (Å²) in [5.74, 6) is -0.637. The van der Waals surface area contributed by atoms with Crippen molar-refractivity contribution in [2.24, 2.45) is 5.41 Å². The van der Waals surface area contributed by atoms with E-state index in [9.17, 15) is 9.59 Å².